The summed E-state index contributed by atoms with van der Waals surface area (Å²) < 4.78 is 3.42. The number of amides is 2. The maximum atomic E-state index is 12.8. The van der Waals surface area contributed by atoms with Crippen molar-refractivity contribution in [3.05, 3.63) is 34.7 Å². The van der Waals surface area contributed by atoms with Crippen LogP contribution in [0.1, 0.15) is 40.5 Å². The van der Waals surface area contributed by atoms with Crippen molar-refractivity contribution in [2.45, 2.75) is 59.7 Å². The summed E-state index contributed by atoms with van der Waals surface area (Å²) in [7, 11) is 0. The third kappa shape index (κ3) is 4.99. The lowest BCUT2D eigenvalue weighted by Gasteiger charge is -2.21. The van der Waals surface area contributed by atoms with E-state index in [1.165, 1.54) is 4.90 Å². The van der Waals surface area contributed by atoms with E-state index in [-0.39, 0.29) is 36.5 Å². The highest BCUT2D eigenvalue weighted by Gasteiger charge is 2.18. The Bertz CT molecular complexity index is 851. The molecule has 0 saturated carbocycles. The van der Waals surface area contributed by atoms with Gasteiger partial charge in [-0.1, -0.05) is 19.1 Å². The molecule has 0 bridgehead atoms. The Morgan fingerprint density at radius 2 is 1.67 bits per heavy atom. The molecule has 2 amide bonds. The van der Waals surface area contributed by atoms with Crippen LogP contribution in [0.3, 0.4) is 0 Å². The van der Waals surface area contributed by atoms with E-state index in [0.29, 0.717) is 19.6 Å². The van der Waals surface area contributed by atoms with Crippen LogP contribution in [0.5, 0.6) is 0 Å². The zero-order chi connectivity index (χ0) is 20.0. The van der Waals surface area contributed by atoms with Gasteiger partial charge in [-0.2, -0.15) is 0 Å². The molecule has 0 aliphatic carbocycles. The lowest BCUT2D eigenvalue weighted by Crippen LogP contribution is -2.43. The van der Waals surface area contributed by atoms with Crippen LogP contribution >= 0.6 is 0 Å². The van der Waals surface area contributed by atoms with Gasteiger partial charge < -0.3 is 10.2 Å². The Hall–Kier alpha value is -2.57. The SMILES string of the molecule is CCCn1c(=O)n(CCC(=O)N(CC)CC(=O)NC(C)C)c2ccccc21. The summed E-state index contributed by atoms with van der Waals surface area (Å²) in [6.45, 7) is 9.09. The first-order chi connectivity index (χ1) is 12.9. The largest absolute Gasteiger partial charge is 0.352 e. The van der Waals surface area contributed by atoms with Crippen molar-refractivity contribution in [2.24, 2.45) is 0 Å². The molecule has 2 aromatic rings. The molecule has 0 fully saturated rings. The quantitative estimate of drug-likeness (QED) is 0.729. The van der Waals surface area contributed by atoms with Gasteiger partial charge in [-0.3, -0.25) is 18.7 Å². The predicted molar refractivity (Wildman–Crippen MR) is 107 cm³/mol. The van der Waals surface area contributed by atoms with Crippen LogP contribution in [-0.2, 0) is 22.7 Å². The lowest BCUT2D eigenvalue weighted by atomic mass is 10.3. The summed E-state index contributed by atoms with van der Waals surface area (Å²) >= 11 is 0. The highest BCUT2D eigenvalue weighted by molar-refractivity contribution is 5.85. The molecule has 27 heavy (non-hydrogen) atoms. The van der Waals surface area contributed by atoms with E-state index in [0.717, 1.165) is 17.5 Å². The summed E-state index contributed by atoms with van der Waals surface area (Å²) in [5.74, 6) is -0.299. The van der Waals surface area contributed by atoms with Gasteiger partial charge in [0.05, 0.1) is 17.6 Å². The Balaban J connectivity index is 2.13. The summed E-state index contributed by atoms with van der Waals surface area (Å²) in [5, 5.41) is 2.80. The molecular weight excluding hydrogens is 344 g/mol. The minimum atomic E-state index is -0.170. The molecular formula is C20H30N4O3. The van der Waals surface area contributed by atoms with Gasteiger partial charge >= 0.3 is 5.69 Å². The number of nitrogens with one attached hydrogen (secondary N) is 1. The minimum Gasteiger partial charge on any atom is -0.352 e. The van der Waals surface area contributed by atoms with Gasteiger partial charge in [0.25, 0.3) is 0 Å². The van der Waals surface area contributed by atoms with E-state index < -0.39 is 0 Å². The monoisotopic (exact) mass is 374 g/mol. The highest BCUT2D eigenvalue weighted by Crippen LogP contribution is 2.14. The zero-order valence-corrected chi connectivity index (χ0v) is 16.7. The molecule has 148 valence electrons. The minimum absolute atomic E-state index is 0.0366. The van der Waals surface area contributed by atoms with Gasteiger partial charge in [0.2, 0.25) is 11.8 Å². The van der Waals surface area contributed by atoms with Gasteiger partial charge in [0.15, 0.2) is 0 Å². The summed E-state index contributed by atoms with van der Waals surface area (Å²) in [5.41, 5.74) is 1.64. The molecule has 1 aromatic carbocycles. The van der Waals surface area contributed by atoms with Gasteiger partial charge in [-0.15, -0.1) is 0 Å². The number of hydrogen-bond acceptors (Lipinski definition) is 3. The molecule has 0 aliphatic heterocycles. The Kier molecular flexibility index (Phi) is 7.21. The van der Waals surface area contributed by atoms with E-state index in [2.05, 4.69) is 5.32 Å². The molecule has 0 aliphatic rings. The molecule has 2 rings (SSSR count). The first-order valence-corrected chi connectivity index (χ1v) is 9.64. The van der Waals surface area contributed by atoms with Gasteiger partial charge in [-0.05, 0) is 39.3 Å². The maximum absolute atomic E-state index is 12.8. The number of para-hydroxylation sites is 2. The number of fused-ring (bicyclic) bond motifs is 1. The number of nitrogens with zero attached hydrogens (tertiary/aromatic N) is 3. The molecule has 1 aromatic heterocycles. The smallest absolute Gasteiger partial charge is 0.329 e. The molecule has 1 N–H and O–H groups in total. The van der Waals surface area contributed by atoms with Gasteiger partial charge in [0.1, 0.15) is 0 Å². The number of aromatic nitrogens is 2. The Morgan fingerprint density at radius 1 is 1.07 bits per heavy atom. The van der Waals surface area contributed by atoms with Gasteiger partial charge in [-0.25, -0.2) is 4.79 Å². The molecule has 0 atom stereocenters. The Labute approximate surface area is 160 Å². The summed E-state index contributed by atoms with van der Waals surface area (Å²) in [4.78, 5) is 38.8. The maximum Gasteiger partial charge on any atom is 0.329 e. The highest BCUT2D eigenvalue weighted by atomic mass is 16.2. The van der Waals surface area contributed by atoms with E-state index in [9.17, 15) is 14.4 Å². The van der Waals surface area contributed by atoms with E-state index in [4.69, 9.17) is 0 Å². The van der Waals surface area contributed by atoms with Crippen molar-refractivity contribution in [2.75, 3.05) is 13.1 Å². The van der Waals surface area contributed by atoms with Crippen molar-refractivity contribution >= 4 is 22.8 Å². The fraction of sp³-hybridized carbons (Fsp3) is 0.550. The second-order valence-electron chi connectivity index (χ2n) is 6.95. The third-order valence-electron chi connectivity index (χ3n) is 4.44. The predicted octanol–water partition coefficient (Wildman–Crippen LogP) is 1.98. The van der Waals surface area contributed by atoms with Gasteiger partial charge in [0, 0.05) is 32.1 Å². The van der Waals surface area contributed by atoms with Crippen molar-refractivity contribution in [3.8, 4) is 0 Å². The third-order valence-corrected chi connectivity index (χ3v) is 4.44. The average molecular weight is 374 g/mol. The Morgan fingerprint density at radius 3 is 2.19 bits per heavy atom. The summed E-state index contributed by atoms with van der Waals surface area (Å²) in [6.07, 6.45) is 1.05. The van der Waals surface area contributed by atoms with Crippen molar-refractivity contribution in [3.63, 3.8) is 0 Å². The van der Waals surface area contributed by atoms with E-state index in [1.807, 2.05) is 52.0 Å². The van der Waals surface area contributed by atoms with Crippen molar-refractivity contribution < 1.29 is 9.59 Å². The first kappa shape index (κ1) is 20.7. The van der Waals surface area contributed by atoms with Crippen LogP contribution in [0.15, 0.2) is 29.1 Å². The van der Waals surface area contributed by atoms with Crippen LogP contribution in [0.25, 0.3) is 11.0 Å². The van der Waals surface area contributed by atoms with E-state index >= 15 is 0 Å². The van der Waals surface area contributed by atoms with Crippen molar-refractivity contribution in [1.29, 1.82) is 0 Å². The number of benzene rings is 1. The standard InChI is InChI=1S/C20H30N4O3/c1-5-12-23-16-9-7-8-10-17(16)24(20(23)27)13-11-19(26)22(6-2)14-18(25)21-15(3)4/h7-10,15H,5-6,11-14H2,1-4H3,(H,21,25). The first-order valence-electron chi connectivity index (χ1n) is 9.64. The fourth-order valence-electron chi connectivity index (χ4n) is 3.21. The van der Waals surface area contributed by atoms with Crippen molar-refractivity contribution in [1.82, 2.24) is 19.4 Å². The molecule has 1 heterocycles. The van der Waals surface area contributed by atoms with Crippen LogP contribution in [0.4, 0.5) is 0 Å². The van der Waals surface area contributed by atoms with E-state index in [1.54, 1.807) is 9.13 Å². The van der Waals surface area contributed by atoms with Crippen LogP contribution in [0, 0.1) is 0 Å². The zero-order valence-electron chi connectivity index (χ0n) is 16.7. The second kappa shape index (κ2) is 9.39. The number of rotatable bonds is 9. The summed E-state index contributed by atoms with van der Waals surface area (Å²) in [6, 6.07) is 7.68. The lowest BCUT2D eigenvalue weighted by molar-refractivity contribution is -0.136. The number of likely N-dealkylation sites (N-methyl/N-ethyl adjacent to an activating group) is 1. The average Bonchev–Trinajstić information content (AvgIpc) is 2.89. The molecule has 0 unspecified atom stereocenters. The number of imidazole rings is 1. The molecule has 0 spiro atoms. The topological polar surface area (TPSA) is 76.3 Å². The number of aryl methyl sites for hydroxylation is 2. The van der Waals surface area contributed by atoms with Crippen LogP contribution in [-0.4, -0.2) is 45.0 Å². The van der Waals surface area contributed by atoms with Crippen LogP contribution in [0.2, 0.25) is 0 Å². The number of hydrogen-bond donors (Lipinski definition) is 1. The number of carbonyl (C=O) groups excluding carboxylic acids is 2. The number of carbonyl (C=O) groups is 2. The molecule has 7 heteroatoms. The fourth-order valence-corrected chi connectivity index (χ4v) is 3.21. The molecule has 0 radical (unpaired) electrons. The second-order valence-corrected chi connectivity index (χ2v) is 6.95. The molecule has 0 saturated heterocycles. The molecule has 7 nitrogen and oxygen atoms in total. The van der Waals surface area contributed by atoms with Crippen LogP contribution < -0.4 is 11.0 Å². The normalized spacial score (nSPS) is 11.1.